The van der Waals surface area contributed by atoms with Crippen molar-refractivity contribution in [2.24, 2.45) is 0 Å². The molecule has 0 aromatic heterocycles. The van der Waals surface area contributed by atoms with Crippen LogP contribution in [0.5, 0.6) is 5.75 Å². The van der Waals surface area contributed by atoms with Crippen LogP contribution in [-0.2, 0) is 6.54 Å². The number of para-hydroxylation sites is 1. The van der Waals surface area contributed by atoms with Crippen LogP contribution in [0.1, 0.15) is 5.56 Å². The van der Waals surface area contributed by atoms with Gasteiger partial charge in [0.05, 0.1) is 4.47 Å². The van der Waals surface area contributed by atoms with Gasteiger partial charge >= 0.3 is 12.3 Å². The Morgan fingerprint density at radius 2 is 2.06 bits per heavy atom. The van der Waals surface area contributed by atoms with Gasteiger partial charge in [0.25, 0.3) is 0 Å². The molecule has 1 N–H and O–H groups in total. The normalized spacial score (nSPS) is 11.9. The van der Waals surface area contributed by atoms with Crippen LogP contribution in [0.25, 0.3) is 0 Å². The molecule has 0 heterocycles. The van der Waals surface area contributed by atoms with E-state index in [-0.39, 0.29) is 5.75 Å². The first-order valence-electron chi connectivity index (χ1n) is 5.09. The second-order valence-corrected chi connectivity index (χ2v) is 4.46. The molecule has 2 nitrogen and oxygen atoms in total. The summed E-state index contributed by atoms with van der Waals surface area (Å²) < 4.78 is 54.8. The molecule has 0 bridgehead atoms. The number of hydrogen-bond acceptors (Lipinski definition) is 2. The maximum absolute atomic E-state index is 12.8. The summed E-state index contributed by atoms with van der Waals surface area (Å²) in [4.78, 5) is 0. The summed E-state index contributed by atoms with van der Waals surface area (Å²) in [7, 11) is 1.68. The van der Waals surface area contributed by atoms with Gasteiger partial charge < -0.3 is 10.1 Å². The Kier molecular flexibility index (Phi) is 5.40. The summed E-state index contributed by atoms with van der Waals surface area (Å²) in [5.41, 5.74) is 0.608. The Balaban J connectivity index is 2.84. The Hall–Kier alpha value is -0.820. The molecule has 18 heavy (non-hydrogen) atoms. The molecule has 1 rings (SSSR count). The molecular formula is C11H12BrF4NO. The summed E-state index contributed by atoms with van der Waals surface area (Å²) in [6.07, 6.45) is -3.74. The van der Waals surface area contributed by atoms with Gasteiger partial charge in [0.2, 0.25) is 0 Å². The highest BCUT2D eigenvalue weighted by atomic mass is 79.9. The van der Waals surface area contributed by atoms with Gasteiger partial charge in [0.15, 0.2) is 6.61 Å². The molecule has 0 spiro atoms. The molecule has 0 saturated carbocycles. The van der Waals surface area contributed by atoms with Crippen LogP contribution in [0, 0.1) is 0 Å². The van der Waals surface area contributed by atoms with Crippen molar-refractivity contribution in [2.75, 3.05) is 13.7 Å². The Labute approximate surface area is 110 Å². The van der Waals surface area contributed by atoms with E-state index in [1.807, 2.05) is 0 Å². The van der Waals surface area contributed by atoms with Gasteiger partial charge in [0, 0.05) is 12.1 Å². The van der Waals surface area contributed by atoms with Crippen LogP contribution in [0.2, 0.25) is 0 Å². The first-order chi connectivity index (χ1) is 8.38. The van der Waals surface area contributed by atoms with Crippen molar-refractivity contribution in [3.63, 3.8) is 0 Å². The van der Waals surface area contributed by atoms with E-state index in [2.05, 4.69) is 21.2 Å². The SMILES string of the molecule is CNCc1cccc(Br)c1OCC(F)(F)C(F)F. The van der Waals surface area contributed by atoms with Gasteiger partial charge in [-0.3, -0.25) is 0 Å². The van der Waals surface area contributed by atoms with Crippen molar-refractivity contribution in [3.8, 4) is 5.75 Å². The highest BCUT2D eigenvalue weighted by Crippen LogP contribution is 2.31. The predicted molar refractivity (Wildman–Crippen MR) is 63.4 cm³/mol. The number of benzene rings is 1. The quantitative estimate of drug-likeness (QED) is 0.807. The molecular weight excluding hydrogens is 318 g/mol. The van der Waals surface area contributed by atoms with Crippen LogP contribution < -0.4 is 10.1 Å². The van der Waals surface area contributed by atoms with E-state index in [1.54, 1.807) is 25.2 Å². The molecule has 102 valence electrons. The Morgan fingerprint density at radius 1 is 1.39 bits per heavy atom. The molecule has 0 aliphatic rings. The van der Waals surface area contributed by atoms with Crippen molar-refractivity contribution in [1.29, 1.82) is 0 Å². The lowest BCUT2D eigenvalue weighted by molar-refractivity contribution is -0.148. The standard InChI is InChI=1S/C11H12BrF4NO/c1-17-5-7-3-2-4-8(12)9(7)18-6-11(15,16)10(13)14/h2-4,10,17H,5-6H2,1H3. The van der Waals surface area contributed by atoms with Crippen LogP contribution in [0.3, 0.4) is 0 Å². The van der Waals surface area contributed by atoms with Gasteiger partial charge in [-0.1, -0.05) is 12.1 Å². The number of ether oxygens (including phenoxy) is 1. The first-order valence-corrected chi connectivity index (χ1v) is 5.88. The van der Waals surface area contributed by atoms with Gasteiger partial charge in [0.1, 0.15) is 5.75 Å². The van der Waals surface area contributed by atoms with Gasteiger partial charge in [-0.25, -0.2) is 8.78 Å². The van der Waals surface area contributed by atoms with Gasteiger partial charge in [-0.15, -0.1) is 0 Å². The van der Waals surface area contributed by atoms with Crippen LogP contribution >= 0.6 is 15.9 Å². The summed E-state index contributed by atoms with van der Waals surface area (Å²) in [6, 6.07) is 4.96. The minimum absolute atomic E-state index is 0.146. The summed E-state index contributed by atoms with van der Waals surface area (Å²) >= 11 is 3.14. The first kappa shape index (κ1) is 15.2. The van der Waals surface area contributed by atoms with Crippen LogP contribution in [0.4, 0.5) is 17.6 Å². The lowest BCUT2D eigenvalue weighted by atomic mass is 10.2. The van der Waals surface area contributed by atoms with E-state index in [9.17, 15) is 17.6 Å². The molecule has 0 aliphatic heterocycles. The van der Waals surface area contributed by atoms with E-state index < -0.39 is 19.0 Å². The van der Waals surface area contributed by atoms with E-state index in [0.29, 0.717) is 16.6 Å². The van der Waals surface area contributed by atoms with E-state index in [1.165, 1.54) is 0 Å². The molecule has 0 atom stereocenters. The minimum Gasteiger partial charge on any atom is -0.486 e. The Bertz CT molecular complexity index is 401. The molecule has 1 aromatic carbocycles. The zero-order valence-corrected chi connectivity index (χ0v) is 11.1. The van der Waals surface area contributed by atoms with Crippen molar-refractivity contribution in [3.05, 3.63) is 28.2 Å². The second kappa shape index (κ2) is 6.38. The number of alkyl halides is 4. The zero-order valence-electron chi connectivity index (χ0n) is 9.52. The number of halogens is 5. The molecule has 0 amide bonds. The third kappa shape index (κ3) is 3.84. The highest BCUT2D eigenvalue weighted by Gasteiger charge is 2.42. The topological polar surface area (TPSA) is 21.3 Å². The number of hydrogen-bond donors (Lipinski definition) is 1. The van der Waals surface area contributed by atoms with E-state index in [0.717, 1.165) is 0 Å². The zero-order chi connectivity index (χ0) is 13.8. The lowest BCUT2D eigenvalue weighted by Crippen LogP contribution is -2.34. The maximum atomic E-state index is 12.8. The fraction of sp³-hybridized carbons (Fsp3) is 0.455. The average molecular weight is 330 g/mol. The molecule has 1 aromatic rings. The molecule has 0 radical (unpaired) electrons. The average Bonchev–Trinajstić information content (AvgIpc) is 2.28. The predicted octanol–water partition coefficient (Wildman–Crippen LogP) is 3.45. The lowest BCUT2D eigenvalue weighted by Gasteiger charge is -2.18. The van der Waals surface area contributed by atoms with Crippen LogP contribution in [-0.4, -0.2) is 26.0 Å². The summed E-state index contributed by atoms with van der Waals surface area (Å²) in [5.74, 6) is -4.01. The van der Waals surface area contributed by atoms with Crippen molar-refractivity contribution < 1.29 is 22.3 Å². The maximum Gasteiger partial charge on any atom is 0.340 e. The van der Waals surface area contributed by atoms with Crippen molar-refractivity contribution in [2.45, 2.75) is 18.9 Å². The highest BCUT2D eigenvalue weighted by molar-refractivity contribution is 9.10. The summed E-state index contributed by atoms with van der Waals surface area (Å²) in [5, 5.41) is 2.84. The van der Waals surface area contributed by atoms with E-state index in [4.69, 9.17) is 4.74 Å². The molecule has 7 heteroatoms. The summed E-state index contributed by atoms with van der Waals surface area (Å²) in [6.45, 7) is -0.973. The molecule has 0 unspecified atom stereocenters. The largest absolute Gasteiger partial charge is 0.486 e. The molecule has 0 saturated heterocycles. The van der Waals surface area contributed by atoms with Gasteiger partial charge in [-0.2, -0.15) is 8.78 Å². The number of rotatable bonds is 6. The molecule has 0 fully saturated rings. The third-order valence-corrected chi connectivity index (χ3v) is 2.77. The van der Waals surface area contributed by atoms with Gasteiger partial charge in [-0.05, 0) is 29.0 Å². The fourth-order valence-corrected chi connectivity index (χ4v) is 1.80. The minimum atomic E-state index is -4.16. The third-order valence-electron chi connectivity index (χ3n) is 2.14. The van der Waals surface area contributed by atoms with E-state index >= 15 is 0 Å². The Morgan fingerprint density at radius 3 is 2.61 bits per heavy atom. The monoisotopic (exact) mass is 329 g/mol. The smallest absolute Gasteiger partial charge is 0.340 e. The van der Waals surface area contributed by atoms with Crippen molar-refractivity contribution in [1.82, 2.24) is 5.32 Å². The molecule has 0 aliphatic carbocycles. The van der Waals surface area contributed by atoms with Crippen LogP contribution in [0.15, 0.2) is 22.7 Å². The van der Waals surface area contributed by atoms with Crippen molar-refractivity contribution >= 4 is 15.9 Å². The number of nitrogens with one attached hydrogen (secondary N) is 1. The fourth-order valence-electron chi connectivity index (χ4n) is 1.28. The second-order valence-electron chi connectivity index (χ2n) is 3.61.